The van der Waals surface area contributed by atoms with Gasteiger partial charge < -0.3 is 15.5 Å². The quantitative estimate of drug-likeness (QED) is 0.477. The Morgan fingerprint density at radius 1 is 1.44 bits per heavy atom. The number of hydrogen-bond donors (Lipinski definition) is 3. The van der Waals surface area contributed by atoms with Gasteiger partial charge in [0.2, 0.25) is 0 Å². The molecule has 0 aromatic rings. The Kier molecular flexibility index (Phi) is 4.67. The molecular formula is C6H15NO2. The molecule has 0 bridgehead atoms. The minimum atomic E-state index is -0.334. The predicted molar refractivity (Wildman–Crippen MR) is 36.2 cm³/mol. The van der Waals surface area contributed by atoms with Crippen LogP contribution in [0.2, 0.25) is 0 Å². The zero-order valence-corrected chi connectivity index (χ0v) is 5.96. The number of aliphatic hydroxyl groups is 2. The first kappa shape index (κ1) is 8.88. The standard InChI is InChI=1S/C6H15NO2/c1-5(4-8)7-3-6(2)9/h5-9H,3-4H2,1-2H3/t5-,6+/m0/s1. The van der Waals surface area contributed by atoms with Gasteiger partial charge in [-0.3, -0.25) is 0 Å². The Morgan fingerprint density at radius 2 is 2.00 bits per heavy atom. The molecule has 0 spiro atoms. The Balaban J connectivity index is 3.06. The molecule has 0 aliphatic carbocycles. The summed E-state index contributed by atoms with van der Waals surface area (Å²) >= 11 is 0. The summed E-state index contributed by atoms with van der Waals surface area (Å²) in [6, 6.07) is 0.0830. The van der Waals surface area contributed by atoms with E-state index in [0.717, 1.165) is 0 Å². The van der Waals surface area contributed by atoms with Crippen molar-refractivity contribution in [1.29, 1.82) is 0 Å². The maximum absolute atomic E-state index is 8.75. The van der Waals surface area contributed by atoms with Crippen LogP contribution in [-0.2, 0) is 0 Å². The number of nitrogens with one attached hydrogen (secondary N) is 1. The highest BCUT2D eigenvalue weighted by atomic mass is 16.3. The first-order valence-corrected chi connectivity index (χ1v) is 3.19. The van der Waals surface area contributed by atoms with Gasteiger partial charge in [0.15, 0.2) is 0 Å². The SMILES string of the molecule is C[C@@H](O)CN[C@@H](C)CO. The highest BCUT2D eigenvalue weighted by Gasteiger charge is 1.99. The third kappa shape index (κ3) is 5.76. The van der Waals surface area contributed by atoms with E-state index in [9.17, 15) is 0 Å². The molecule has 3 N–H and O–H groups in total. The van der Waals surface area contributed by atoms with Crippen LogP contribution in [0.15, 0.2) is 0 Å². The van der Waals surface area contributed by atoms with Crippen LogP contribution in [0.5, 0.6) is 0 Å². The number of rotatable bonds is 4. The van der Waals surface area contributed by atoms with E-state index in [0.29, 0.717) is 6.54 Å². The molecule has 2 atom stereocenters. The molecule has 56 valence electrons. The highest BCUT2D eigenvalue weighted by Crippen LogP contribution is 1.80. The van der Waals surface area contributed by atoms with Gasteiger partial charge in [-0.2, -0.15) is 0 Å². The molecule has 0 rings (SSSR count). The second-order valence-electron chi connectivity index (χ2n) is 2.34. The smallest absolute Gasteiger partial charge is 0.0636 e. The molecule has 0 fully saturated rings. The van der Waals surface area contributed by atoms with Gasteiger partial charge in [0.25, 0.3) is 0 Å². The van der Waals surface area contributed by atoms with E-state index in [1.165, 1.54) is 0 Å². The third-order valence-electron chi connectivity index (χ3n) is 1.04. The van der Waals surface area contributed by atoms with Crippen LogP contribution in [0.4, 0.5) is 0 Å². The van der Waals surface area contributed by atoms with Crippen LogP contribution < -0.4 is 5.32 Å². The van der Waals surface area contributed by atoms with Crippen LogP contribution in [0.25, 0.3) is 0 Å². The molecule has 0 amide bonds. The summed E-state index contributed by atoms with van der Waals surface area (Å²) in [5.74, 6) is 0. The van der Waals surface area contributed by atoms with Crippen molar-refractivity contribution in [3.05, 3.63) is 0 Å². The fourth-order valence-corrected chi connectivity index (χ4v) is 0.436. The Morgan fingerprint density at radius 3 is 2.33 bits per heavy atom. The van der Waals surface area contributed by atoms with Gasteiger partial charge in [0.1, 0.15) is 0 Å². The highest BCUT2D eigenvalue weighted by molar-refractivity contribution is 4.59. The van der Waals surface area contributed by atoms with Crippen LogP contribution in [-0.4, -0.2) is 35.5 Å². The first-order valence-electron chi connectivity index (χ1n) is 3.19. The van der Waals surface area contributed by atoms with Gasteiger partial charge >= 0.3 is 0 Å². The molecule has 0 aromatic heterocycles. The Hall–Kier alpha value is -0.120. The lowest BCUT2D eigenvalue weighted by molar-refractivity contribution is 0.175. The summed E-state index contributed by atoms with van der Waals surface area (Å²) < 4.78 is 0. The van der Waals surface area contributed by atoms with Crippen molar-refractivity contribution < 1.29 is 10.2 Å². The van der Waals surface area contributed by atoms with Gasteiger partial charge in [0.05, 0.1) is 12.7 Å². The fourth-order valence-electron chi connectivity index (χ4n) is 0.436. The number of aliphatic hydroxyl groups excluding tert-OH is 2. The molecular weight excluding hydrogens is 118 g/mol. The van der Waals surface area contributed by atoms with Crippen LogP contribution >= 0.6 is 0 Å². The monoisotopic (exact) mass is 133 g/mol. The lowest BCUT2D eigenvalue weighted by Crippen LogP contribution is -2.34. The molecule has 3 nitrogen and oxygen atoms in total. The zero-order valence-electron chi connectivity index (χ0n) is 5.96. The van der Waals surface area contributed by atoms with Gasteiger partial charge in [-0.1, -0.05) is 0 Å². The Labute approximate surface area is 55.7 Å². The van der Waals surface area contributed by atoms with Crippen molar-refractivity contribution in [2.45, 2.75) is 26.0 Å². The maximum Gasteiger partial charge on any atom is 0.0636 e. The first-order chi connectivity index (χ1) is 4.16. The topological polar surface area (TPSA) is 52.5 Å². The van der Waals surface area contributed by atoms with Crippen molar-refractivity contribution in [1.82, 2.24) is 5.32 Å². The van der Waals surface area contributed by atoms with E-state index in [-0.39, 0.29) is 18.8 Å². The predicted octanol–water partition coefficient (Wildman–Crippen LogP) is -0.662. The largest absolute Gasteiger partial charge is 0.395 e. The summed E-state index contributed by atoms with van der Waals surface area (Å²) in [7, 11) is 0. The van der Waals surface area contributed by atoms with E-state index in [2.05, 4.69) is 5.32 Å². The van der Waals surface area contributed by atoms with E-state index in [4.69, 9.17) is 10.2 Å². The van der Waals surface area contributed by atoms with Crippen LogP contribution in [0.1, 0.15) is 13.8 Å². The van der Waals surface area contributed by atoms with Crippen molar-refractivity contribution in [3.63, 3.8) is 0 Å². The van der Waals surface area contributed by atoms with E-state index < -0.39 is 0 Å². The number of hydrogen-bond acceptors (Lipinski definition) is 3. The Bertz CT molecular complexity index is 66.1. The van der Waals surface area contributed by atoms with Crippen molar-refractivity contribution >= 4 is 0 Å². The average Bonchev–Trinajstić information content (AvgIpc) is 1.83. The van der Waals surface area contributed by atoms with Crippen molar-refractivity contribution in [2.75, 3.05) is 13.2 Å². The maximum atomic E-state index is 8.75. The zero-order chi connectivity index (χ0) is 7.28. The van der Waals surface area contributed by atoms with Gasteiger partial charge in [-0.15, -0.1) is 0 Å². The average molecular weight is 133 g/mol. The molecule has 0 aromatic carbocycles. The minimum Gasteiger partial charge on any atom is -0.395 e. The fraction of sp³-hybridized carbons (Fsp3) is 1.00. The van der Waals surface area contributed by atoms with Crippen molar-refractivity contribution in [2.24, 2.45) is 0 Å². The minimum absolute atomic E-state index is 0.0830. The summed E-state index contributed by atoms with van der Waals surface area (Å²) in [5.41, 5.74) is 0. The molecule has 3 heteroatoms. The molecule has 0 radical (unpaired) electrons. The van der Waals surface area contributed by atoms with E-state index in [1.807, 2.05) is 6.92 Å². The van der Waals surface area contributed by atoms with Gasteiger partial charge in [-0.25, -0.2) is 0 Å². The summed E-state index contributed by atoms with van der Waals surface area (Å²) in [4.78, 5) is 0. The molecule has 9 heavy (non-hydrogen) atoms. The summed E-state index contributed by atoms with van der Waals surface area (Å²) in [6.07, 6.45) is -0.334. The molecule has 0 saturated heterocycles. The molecule has 0 unspecified atom stereocenters. The summed E-state index contributed by atoms with van der Waals surface area (Å²) in [5, 5.41) is 20.2. The van der Waals surface area contributed by atoms with Gasteiger partial charge in [0, 0.05) is 12.6 Å². The van der Waals surface area contributed by atoms with Gasteiger partial charge in [-0.05, 0) is 13.8 Å². The third-order valence-corrected chi connectivity index (χ3v) is 1.04. The molecule has 0 heterocycles. The summed E-state index contributed by atoms with van der Waals surface area (Å²) in [6.45, 7) is 4.23. The lowest BCUT2D eigenvalue weighted by Gasteiger charge is -2.11. The van der Waals surface area contributed by atoms with Crippen molar-refractivity contribution in [3.8, 4) is 0 Å². The lowest BCUT2D eigenvalue weighted by atomic mass is 10.3. The molecule has 0 aliphatic heterocycles. The van der Waals surface area contributed by atoms with Crippen LogP contribution in [0, 0.1) is 0 Å². The van der Waals surface area contributed by atoms with E-state index >= 15 is 0 Å². The second kappa shape index (κ2) is 4.73. The molecule has 0 aliphatic rings. The van der Waals surface area contributed by atoms with E-state index in [1.54, 1.807) is 6.92 Å². The second-order valence-corrected chi connectivity index (χ2v) is 2.34. The molecule has 0 saturated carbocycles. The normalized spacial score (nSPS) is 17.3. The van der Waals surface area contributed by atoms with Crippen LogP contribution in [0.3, 0.4) is 0 Å².